The highest BCUT2D eigenvalue weighted by atomic mass is 35.5. The van der Waals surface area contributed by atoms with Gasteiger partial charge in [0, 0.05) is 25.8 Å². The number of hydrogen-bond acceptors (Lipinski definition) is 7. The van der Waals surface area contributed by atoms with Gasteiger partial charge >= 0.3 is 0 Å². The molecule has 0 aliphatic heterocycles. The fourth-order valence-corrected chi connectivity index (χ4v) is 3.14. The van der Waals surface area contributed by atoms with Crippen molar-refractivity contribution in [2.75, 3.05) is 32.5 Å². The van der Waals surface area contributed by atoms with Crippen molar-refractivity contribution in [2.45, 2.75) is 27.3 Å². The molecule has 3 aromatic rings. The number of fused-ring (bicyclic) bond motifs is 1. The number of hydrogen-bond donors (Lipinski definition) is 2. The lowest BCUT2D eigenvalue weighted by molar-refractivity contribution is 0.0946. The summed E-state index contributed by atoms with van der Waals surface area (Å²) in [5.41, 5.74) is 2.32. The van der Waals surface area contributed by atoms with Gasteiger partial charge in [-0.15, -0.1) is 0 Å². The SMILES string of the molecule is Cc1ccnc(Nc2nc(Cl)nc3c(C(=O)NCCN(C)C)nn(CC(C)C)c23)c1. The van der Waals surface area contributed by atoms with Gasteiger partial charge in [-0.05, 0) is 56.2 Å². The largest absolute Gasteiger partial charge is 0.349 e. The molecule has 0 atom stereocenters. The van der Waals surface area contributed by atoms with Crippen molar-refractivity contribution in [3.05, 3.63) is 34.9 Å². The van der Waals surface area contributed by atoms with E-state index in [1.54, 1.807) is 10.9 Å². The van der Waals surface area contributed by atoms with Crippen LogP contribution in [0.1, 0.15) is 29.9 Å². The highest BCUT2D eigenvalue weighted by Crippen LogP contribution is 2.28. The van der Waals surface area contributed by atoms with Crippen molar-refractivity contribution < 1.29 is 4.79 Å². The van der Waals surface area contributed by atoms with E-state index in [1.165, 1.54) is 0 Å². The van der Waals surface area contributed by atoms with Crippen LogP contribution >= 0.6 is 11.6 Å². The van der Waals surface area contributed by atoms with Gasteiger partial charge < -0.3 is 15.5 Å². The molecule has 0 aliphatic rings. The molecule has 3 rings (SSSR count). The third-order valence-corrected chi connectivity index (χ3v) is 4.49. The highest BCUT2D eigenvalue weighted by molar-refractivity contribution is 6.29. The van der Waals surface area contributed by atoms with Crippen LogP contribution in [-0.2, 0) is 6.54 Å². The van der Waals surface area contributed by atoms with Crippen LogP contribution < -0.4 is 10.6 Å². The summed E-state index contributed by atoms with van der Waals surface area (Å²) in [4.78, 5) is 27.8. The summed E-state index contributed by atoms with van der Waals surface area (Å²) in [5, 5.41) is 10.7. The molecule has 2 N–H and O–H groups in total. The number of anilines is 2. The molecule has 0 aromatic carbocycles. The third-order valence-electron chi connectivity index (χ3n) is 4.32. The number of carbonyl (C=O) groups excluding carboxylic acids is 1. The minimum Gasteiger partial charge on any atom is -0.349 e. The maximum atomic E-state index is 12.8. The van der Waals surface area contributed by atoms with Gasteiger partial charge in [0.25, 0.3) is 5.91 Å². The third kappa shape index (κ3) is 5.22. The van der Waals surface area contributed by atoms with Crippen molar-refractivity contribution in [3.63, 3.8) is 0 Å². The predicted octanol–water partition coefficient (Wildman–Crippen LogP) is 2.87. The molecule has 3 aromatic heterocycles. The first-order valence-corrected chi connectivity index (χ1v) is 10.2. The molecule has 0 aliphatic carbocycles. The number of pyridine rings is 1. The highest BCUT2D eigenvalue weighted by Gasteiger charge is 2.23. The lowest BCUT2D eigenvalue weighted by Crippen LogP contribution is -2.31. The van der Waals surface area contributed by atoms with Crippen molar-refractivity contribution >= 4 is 40.2 Å². The molecule has 0 spiro atoms. The fourth-order valence-electron chi connectivity index (χ4n) is 2.98. The molecule has 160 valence electrons. The van der Waals surface area contributed by atoms with E-state index in [0.29, 0.717) is 41.7 Å². The second-order valence-electron chi connectivity index (χ2n) is 7.87. The molecule has 0 saturated carbocycles. The number of amides is 1. The van der Waals surface area contributed by atoms with E-state index in [1.807, 2.05) is 38.1 Å². The summed E-state index contributed by atoms with van der Waals surface area (Å²) in [6.07, 6.45) is 1.71. The number of nitrogens with one attached hydrogen (secondary N) is 2. The Morgan fingerprint density at radius 3 is 2.73 bits per heavy atom. The minimum absolute atomic E-state index is 0.0316. The molecule has 0 saturated heterocycles. The van der Waals surface area contributed by atoms with Crippen molar-refractivity contribution in [1.82, 2.24) is 34.9 Å². The van der Waals surface area contributed by atoms with E-state index < -0.39 is 0 Å². The van der Waals surface area contributed by atoms with Crippen LogP contribution in [0.3, 0.4) is 0 Å². The lowest BCUT2D eigenvalue weighted by Gasteiger charge is -2.11. The van der Waals surface area contributed by atoms with Gasteiger partial charge in [0.15, 0.2) is 11.5 Å². The Hall–Kier alpha value is -2.78. The molecule has 1 amide bonds. The number of likely N-dealkylation sites (N-methyl/N-ethyl adjacent to an activating group) is 1. The van der Waals surface area contributed by atoms with E-state index in [-0.39, 0.29) is 16.9 Å². The first-order valence-electron chi connectivity index (χ1n) is 9.81. The van der Waals surface area contributed by atoms with Gasteiger partial charge in [-0.1, -0.05) is 13.8 Å². The summed E-state index contributed by atoms with van der Waals surface area (Å²) in [7, 11) is 3.90. The summed E-state index contributed by atoms with van der Waals surface area (Å²) >= 11 is 6.20. The smallest absolute Gasteiger partial charge is 0.274 e. The first-order chi connectivity index (χ1) is 14.2. The maximum absolute atomic E-state index is 12.8. The Labute approximate surface area is 180 Å². The number of aromatic nitrogens is 5. The predicted molar refractivity (Wildman–Crippen MR) is 118 cm³/mol. The molecule has 0 bridgehead atoms. The van der Waals surface area contributed by atoms with Crippen LogP contribution in [0.15, 0.2) is 18.3 Å². The standard InChI is InChI=1S/C20H27ClN8O/c1-12(2)11-29-17-15(16(27-29)19(30)23-8-9-28(4)5)25-20(21)26-18(17)24-14-10-13(3)6-7-22-14/h6-7,10,12H,8-9,11H2,1-5H3,(H,23,30)(H,22,24,25,26). The molecular formula is C20H27ClN8O. The van der Waals surface area contributed by atoms with Crippen LogP contribution in [-0.4, -0.2) is 62.7 Å². The van der Waals surface area contributed by atoms with Gasteiger partial charge in [0.05, 0.1) is 0 Å². The van der Waals surface area contributed by atoms with Crippen LogP contribution in [0.4, 0.5) is 11.6 Å². The molecule has 0 unspecified atom stereocenters. The normalized spacial score (nSPS) is 11.5. The van der Waals surface area contributed by atoms with Crippen molar-refractivity contribution in [2.24, 2.45) is 5.92 Å². The van der Waals surface area contributed by atoms with Crippen LogP contribution in [0.2, 0.25) is 5.28 Å². The molecule has 30 heavy (non-hydrogen) atoms. The fraction of sp³-hybridized carbons (Fsp3) is 0.450. The second kappa shape index (κ2) is 9.36. The lowest BCUT2D eigenvalue weighted by atomic mass is 10.2. The number of aryl methyl sites for hydroxylation is 1. The van der Waals surface area contributed by atoms with E-state index in [9.17, 15) is 4.79 Å². The van der Waals surface area contributed by atoms with Crippen LogP contribution in [0.25, 0.3) is 11.0 Å². The number of halogens is 1. The zero-order chi connectivity index (χ0) is 21.8. The zero-order valence-corrected chi connectivity index (χ0v) is 18.7. The topological polar surface area (TPSA) is 101 Å². The number of nitrogens with zero attached hydrogens (tertiary/aromatic N) is 6. The van der Waals surface area contributed by atoms with E-state index in [0.717, 1.165) is 12.1 Å². The molecule has 0 radical (unpaired) electrons. The summed E-state index contributed by atoms with van der Waals surface area (Å²) in [5.74, 6) is 1.10. The number of carbonyl (C=O) groups is 1. The van der Waals surface area contributed by atoms with Gasteiger partial charge in [-0.2, -0.15) is 10.1 Å². The Morgan fingerprint density at radius 2 is 2.07 bits per heavy atom. The second-order valence-corrected chi connectivity index (χ2v) is 8.20. The van der Waals surface area contributed by atoms with Crippen molar-refractivity contribution in [1.29, 1.82) is 0 Å². The Morgan fingerprint density at radius 1 is 1.30 bits per heavy atom. The molecule has 0 fully saturated rings. The Balaban J connectivity index is 2.06. The summed E-state index contributed by atoms with van der Waals surface area (Å²) < 4.78 is 1.76. The molecule has 10 heteroatoms. The molecular weight excluding hydrogens is 404 g/mol. The van der Waals surface area contributed by atoms with Gasteiger partial charge in [0.2, 0.25) is 5.28 Å². The minimum atomic E-state index is -0.293. The van der Waals surface area contributed by atoms with Gasteiger partial charge in [0.1, 0.15) is 16.9 Å². The summed E-state index contributed by atoms with van der Waals surface area (Å²) in [6, 6.07) is 3.81. The quantitative estimate of drug-likeness (QED) is 0.530. The number of rotatable bonds is 8. The van der Waals surface area contributed by atoms with Crippen LogP contribution in [0.5, 0.6) is 0 Å². The van der Waals surface area contributed by atoms with Crippen molar-refractivity contribution in [3.8, 4) is 0 Å². The van der Waals surface area contributed by atoms with E-state index >= 15 is 0 Å². The zero-order valence-electron chi connectivity index (χ0n) is 17.9. The van der Waals surface area contributed by atoms with Gasteiger partial charge in [-0.3, -0.25) is 9.48 Å². The average molecular weight is 431 g/mol. The van der Waals surface area contributed by atoms with Crippen LogP contribution in [0, 0.1) is 12.8 Å². The average Bonchev–Trinajstić information content (AvgIpc) is 2.99. The Bertz CT molecular complexity index is 1050. The monoisotopic (exact) mass is 430 g/mol. The van der Waals surface area contributed by atoms with E-state index in [2.05, 4.69) is 44.5 Å². The van der Waals surface area contributed by atoms with Gasteiger partial charge in [-0.25, -0.2) is 9.97 Å². The Kier molecular flexibility index (Phi) is 6.84. The summed E-state index contributed by atoms with van der Waals surface area (Å²) in [6.45, 7) is 7.96. The van der Waals surface area contributed by atoms with E-state index in [4.69, 9.17) is 11.6 Å². The maximum Gasteiger partial charge on any atom is 0.274 e. The first kappa shape index (κ1) is 21.9. The molecule has 3 heterocycles. The molecule has 9 nitrogen and oxygen atoms in total.